The Morgan fingerprint density at radius 3 is 1.16 bits per heavy atom. The van der Waals surface area contributed by atoms with Crippen LogP contribution in [0.5, 0.6) is 11.5 Å². The van der Waals surface area contributed by atoms with Crippen molar-refractivity contribution in [1.29, 1.82) is 0 Å². The normalized spacial score (nSPS) is 10.8. The van der Waals surface area contributed by atoms with Crippen LogP contribution in [0.3, 0.4) is 0 Å². The van der Waals surface area contributed by atoms with Gasteiger partial charge in [0.1, 0.15) is 5.75 Å². The summed E-state index contributed by atoms with van der Waals surface area (Å²) in [6.07, 6.45) is 0. The van der Waals surface area contributed by atoms with Gasteiger partial charge in [0.15, 0.2) is 5.75 Å². The van der Waals surface area contributed by atoms with E-state index >= 15 is 0 Å². The summed E-state index contributed by atoms with van der Waals surface area (Å²) in [7, 11) is 0. The summed E-state index contributed by atoms with van der Waals surface area (Å²) in [4.78, 5) is 0. The SMILES string of the molecule is [O]c1c(-c2ccccc2)cc(-c2ccccc2)cc1-c1cc(-c2ccccc2)cc(-c2ccccc2)c1O. The number of aromatic hydroxyl groups is 1. The van der Waals surface area contributed by atoms with Crippen LogP contribution in [-0.4, -0.2) is 5.11 Å². The molecule has 6 aromatic rings. The van der Waals surface area contributed by atoms with Gasteiger partial charge in [-0.05, 0) is 57.6 Å². The molecule has 0 unspecified atom stereocenters. The van der Waals surface area contributed by atoms with E-state index in [9.17, 15) is 10.2 Å². The highest BCUT2D eigenvalue weighted by Gasteiger charge is 2.21. The quantitative estimate of drug-likeness (QED) is 0.257. The molecular weight excluding hydrogens is 464 g/mol. The Kier molecular flexibility index (Phi) is 6.21. The maximum absolute atomic E-state index is 14.1. The zero-order valence-corrected chi connectivity index (χ0v) is 20.7. The van der Waals surface area contributed by atoms with E-state index in [-0.39, 0.29) is 11.5 Å². The maximum Gasteiger partial charge on any atom is 0.194 e. The molecule has 0 spiro atoms. The predicted octanol–water partition coefficient (Wildman–Crippen LogP) is 9.87. The fourth-order valence-corrected chi connectivity index (χ4v) is 4.93. The lowest BCUT2D eigenvalue weighted by atomic mass is 9.88. The average molecular weight is 490 g/mol. The third-order valence-electron chi connectivity index (χ3n) is 6.87. The van der Waals surface area contributed by atoms with Crippen LogP contribution >= 0.6 is 0 Å². The predicted molar refractivity (Wildman–Crippen MR) is 155 cm³/mol. The molecule has 0 saturated carbocycles. The van der Waals surface area contributed by atoms with E-state index in [1.165, 1.54) is 0 Å². The highest BCUT2D eigenvalue weighted by Crippen LogP contribution is 2.48. The van der Waals surface area contributed by atoms with Gasteiger partial charge in [-0.3, -0.25) is 5.11 Å². The van der Waals surface area contributed by atoms with Gasteiger partial charge in [-0.25, -0.2) is 0 Å². The fourth-order valence-electron chi connectivity index (χ4n) is 4.93. The van der Waals surface area contributed by atoms with Crippen molar-refractivity contribution in [2.45, 2.75) is 0 Å². The van der Waals surface area contributed by atoms with Gasteiger partial charge in [-0.1, -0.05) is 121 Å². The Hall–Kier alpha value is -5.08. The Balaban J connectivity index is 1.66. The summed E-state index contributed by atoms with van der Waals surface area (Å²) >= 11 is 0. The highest BCUT2D eigenvalue weighted by molar-refractivity contribution is 5.94. The summed E-state index contributed by atoms with van der Waals surface area (Å²) in [5.41, 5.74) is 7.89. The third kappa shape index (κ3) is 4.44. The van der Waals surface area contributed by atoms with Crippen LogP contribution in [0.15, 0.2) is 146 Å². The van der Waals surface area contributed by atoms with Gasteiger partial charge in [-0.2, -0.15) is 0 Å². The topological polar surface area (TPSA) is 40.1 Å². The molecule has 0 aliphatic rings. The Labute approximate surface area is 222 Å². The summed E-state index contributed by atoms with van der Waals surface area (Å²) in [6.45, 7) is 0. The number of rotatable bonds is 5. The number of hydrogen-bond acceptors (Lipinski definition) is 1. The summed E-state index contributed by atoms with van der Waals surface area (Å²) < 4.78 is 0. The molecule has 0 fully saturated rings. The lowest BCUT2D eigenvalue weighted by Gasteiger charge is -2.17. The Morgan fingerprint density at radius 2 is 0.684 bits per heavy atom. The molecular formula is C36H25O2. The zero-order valence-electron chi connectivity index (χ0n) is 20.7. The molecule has 6 aromatic carbocycles. The lowest BCUT2D eigenvalue weighted by Crippen LogP contribution is -1.91. The van der Waals surface area contributed by atoms with Crippen molar-refractivity contribution in [2.75, 3.05) is 0 Å². The molecule has 2 nitrogen and oxygen atoms in total. The minimum atomic E-state index is -0.115. The smallest absolute Gasteiger partial charge is 0.194 e. The Bertz CT molecular complexity index is 1560. The van der Waals surface area contributed by atoms with Gasteiger partial charge in [0.05, 0.1) is 0 Å². The number of benzene rings is 6. The fraction of sp³-hybridized carbons (Fsp3) is 0. The van der Waals surface area contributed by atoms with Crippen molar-refractivity contribution in [3.8, 4) is 67.1 Å². The molecule has 2 heteroatoms. The van der Waals surface area contributed by atoms with Crippen LogP contribution in [0.25, 0.3) is 55.6 Å². The molecule has 0 aromatic heterocycles. The molecule has 0 amide bonds. The Morgan fingerprint density at radius 1 is 0.342 bits per heavy atom. The number of hydrogen-bond donors (Lipinski definition) is 1. The molecule has 1 N–H and O–H groups in total. The minimum absolute atomic E-state index is 0.0946. The first-order valence-corrected chi connectivity index (χ1v) is 12.6. The lowest BCUT2D eigenvalue weighted by molar-refractivity contribution is 0.358. The van der Waals surface area contributed by atoms with Gasteiger partial charge >= 0.3 is 0 Å². The molecule has 6 rings (SSSR count). The number of phenols is 1. The third-order valence-corrected chi connectivity index (χ3v) is 6.87. The first kappa shape index (κ1) is 23.3. The van der Waals surface area contributed by atoms with E-state index in [4.69, 9.17) is 0 Å². The first-order chi connectivity index (χ1) is 18.7. The van der Waals surface area contributed by atoms with Gasteiger partial charge in [0.2, 0.25) is 0 Å². The van der Waals surface area contributed by atoms with E-state index in [1.807, 2.05) is 146 Å². The van der Waals surface area contributed by atoms with Crippen LogP contribution in [0.1, 0.15) is 0 Å². The molecule has 0 bridgehead atoms. The van der Waals surface area contributed by atoms with Gasteiger partial charge < -0.3 is 5.11 Å². The second kappa shape index (κ2) is 10.1. The van der Waals surface area contributed by atoms with Crippen molar-refractivity contribution in [3.63, 3.8) is 0 Å². The largest absolute Gasteiger partial charge is 0.507 e. The van der Waals surface area contributed by atoms with Crippen LogP contribution < -0.4 is 0 Å². The second-order valence-corrected chi connectivity index (χ2v) is 9.28. The molecule has 38 heavy (non-hydrogen) atoms. The van der Waals surface area contributed by atoms with Crippen molar-refractivity contribution in [1.82, 2.24) is 0 Å². The van der Waals surface area contributed by atoms with Crippen molar-refractivity contribution < 1.29 is 10.2 Å². The van der Waals surface area contributed by atoms with Crippen LogP contribution in [0, 0.1) is 0 Å². The van der Waals surface area contributed by atoms with Crippen molar-refractivity contribution >= 4 is 0 Å². The minimum Gasteiger partial charge on any atom is -0.507 e. The average Bonchev–Trinajstić information content (AvgIpc) is 2.99. The van der Waals surface area contributed by atoms with Gasteiger partial charge in [0.25, 0.3) is 0 Å². The van der Waals surface area contributed by atoms with Crippen molar-refractivity contribution in [3.05, 3.63) is 146 Å². The molecule has 1 radical (unpaired) electrons. The summed E-state index contributed by atoms with van der Waals surface area (Å²) in [5.74, 6) is -0.0207. The first-order valence-electron chi connectivity index (χ1n) is 12.6. The summed E-state index contributed by atoms with van der Waals surface area (Å²) in [6, 6.07) is 47.4. The molecule has 0 heterocycles. The number of phenolic OH excluding ortho intramolecular Hbond substituents is 1. The maximum atomic E-state index is 14.1. The zero-order chi connectivity index (χ0) is 25.9. The molecule has 0 saturated heterocycles. The standard InChI is InChI=1S/C36H25O2/c37-35-31(27-17-9-3-10-18-27)21-29(25-13-5-1-6-14-25)23-33(35)34-24-30(26-15-7-2-8-16-26)22-32(36(34)38)28-19-11-4-12-20-28/h1-24,37H. The van der Waals surface area contributed by atoms with E-state index in [1.54, 1.807) is 0 Å². The van der Waals surface area contributed by atoms with E-state index in [0.717, 1.165) is 33.4 Å². The van der Waals surface area contributed by atoms with Gasteiger partial charge in [-0.15, -0.1) is 0 Å². The van der Waals surface area contributed by atoms with Crippen LogP contribution in [0.2, 0.25) is 0 Å². The molecule has 0 aliphatic heterocycles. The van der Waals surface area contributed by atoms with Crippen LogP contribution in [0.4, 0.5) is 0 Å². The highest BCUT2D eigenvalue weighted by atomic mass is 16.3. The van der Waals surface area contributed by atoms with Gasteiger partial charge in [0, 0.05) is 22.3 Å². The molecule has 0 aliphatic carbocycles. The van der Waals surface area contributed by atoms with Crippen molar-refractivity contribution in [2.24, 2.45) is 0 Å². The van der Waals surface area contributed by atoms with E-state index in [2.05, 4.69) is 0 Å². The monoisotopic (exact) mass is 489 g/mol. The van der Waals surface area contributed by atoms with E-state index < -0.39 is 0 Å². The summed E-state index contributed by atoms with van der Waals surface area (Å²) in [5, 5.41) is 25.8. The molecule has 181 valence electrons. The molecule has 0 atom stereocenters. The van der Waals surface area contributed by atoms with Crippen LogP contribution in [-0.2, 0) is 5.11 Å². The second-order valence-electron chi connectivity index (χ2n) is 9.28. The van der Waals surface area contributed by atoms with E-state index in [0.29, 0.717) is 22.3 Å².